The quantitative estimate of drug-likeness (QED) is 0.876. The lowest BCUT2D eigenvalue weighted by Crippen LogP contribution is -2.31. The molecule has 1 atom stereocenters. The first-order valence-electron chi connectivity index (χ1n) is 5.73. The smallest absolute Gasteiger partial charge is 0.0701 e. The second kappa shape index (κ2) is 5.46. The number of hydrogen-bond donors (Lipinski definition) is 1. The van der Waals surface area contributed by atoms with Crippen molar-refractivity contribution in [3.63, 3.8) is 0 Å². The van der Waals surface area contributed by atoms with E-state index in [1.165, 1.54) is 34.3 Å². The molecule has 1 aromatic heterocycles. The summed E-state index contributed by atoms with van der Waals surface area (Å²) in [6, 6.07) is 5.00. The Bertz CT molecular complexity index is 304. The third kappa shape index (κ3) is 3.30. The molecule has 1 aromatic rings. The van der Waals surface area contributed by atoms with Crippen LogP contribution in [0.15, 0.2) is 15.9 Å². The Morgan fingerprint density at radius 3 is 2.80 bits per heavy atom. The highest BCUT2D eigenvalue weighted by molar-refractivity contribution is 9.11. The summed E-state index contributed by atoms with van der Waals surface area (Å²) in [5, 5.41) is 3.64. The predicted molar refractivity (Wildman–Crippen MR) is 70.3 cm³/mol. The molecular weight excluding hydrogens is 270 g/mol. The van der Waals surface area contributed by atoms with E-state index >= 15 is 0 Å². The number of rotatable bonds is 4. The average Bonchev–Trinajstić information content (AvgIpc) is 2.84. The van der Waals surface area contributed by atoms with Crippen molar-refractivity contribution in [2.24, 2.45) is 5.92 Å². The van der Waals surface area contributed by atoms with E-state index in [9.17, 15) is 0 Å². The molecule has 1 nitrogen and oxygen atoms in total. The summed E-state index contributed by atoms with van der Waals surface area (Å²) in [6.07, 6.45) is 5.70. The molecule has 0 amide bonds. The van der Waals surface area contributed by atoms with Gasteiger partial charge in [0, 0.05) is 17.5 Å². The van der Waals surface area contributed by atoms with Gasteiger partial charge in [-0.2, -0.15) is 0 Å². The van der Waals surface area contributed by atoms with Gasteiger partial charge in [-0.1, -0.05) is 12.8 Å². The van der Waals surface area contributed by atoms with E-state index in [0.29, 0.717) is 6.04 Å². The van der Waals surface area contributed by atoms with Crippen molar-refractivity contribution in [1.82, 2.24) is 5.32 Å². The Morgan fingerprint density at radius 2 is 2.20 bits per heavy atom. The second-order valence-corrected chi connectivity index (χ2v) is 6.97. The molecule has 1 saturated carbocycles. The molecule has 1 aliphatic carbocycles. The van der Waals surface area contributed by atoms with Crippen molar-refractivity contribution < 1.29 is 0 Å². The van der Waals surface area contributed by atoms with Crippen LogP contribution in [0.25, 0.3) is 0 Å². The summed E-state index contributed by atoms with van der Waals surface area (Å²) < 4.78 is 1.23. The fourth-order valence-corrected chi connectivity index (χ4v) is 3.77. The van der Waals surface area contributed by atoms with Gasteiger partial charge >= 0.3 is 0 Å². The van der Waals surface area contributed by atoms with Crippen LogP contribution in [0, 0.1) is 5.92 Å². The highest BCUT2D eigenvalue weighted by atomic mass is 79.9. The molecule has 1 fully saturated rings. The van der Waals surface area contributed by atoms with E-state index in [0.717, 1.165) is 12.5 Å². The van der Waals surface area contributed by atoms with Gasteiger partial charge in [-0.15, -0.1) is 11.3 Å². The molecule has 0 aliphatic heterocycles. The summed E-state index contributed by atoms with van der Waals surface area (Å²) in [6.45, 7) is 3.35. The van der Waals surface area contributed by atoms with Crippen molar-refractivity contribution in [2.45, 2.75) is 45.2 Å². The lowest BCUT2D eigenvalue weighted by molar-refractivity contribution is 0.381. The zero-order valence-electron chi connectivity index (χ0n) is 9.13. The Morgan fingerprint density at radius 1 is 1.47 bits per heavy atom. The van der Waals surface area contributed by atoms with Crippen LogP contribution in [0.4, 0.5) is 0 Å². The maximum absolute atomic E-state index is 3.64. The van der Waals surface area contributed by atoms with Gasteiger partial charge in [0.05, 0.1) is 3.79 Å². The van der Waals surface area contributed by atoms with Crippen molar-refractivity contribution in [1.29, 1.82) is 0 Å². The van der Waals surface area contributed by atoms with E-state index in [1.54, 1.807) is 0 Å². The first-order valence-corrected chi connectivity index (χ1v) is 7.34. The molecule has 1 aliphatic rings. The summed E-state index contributed by atoms with van der Waals surface area (Å²) in [5.74, 6) is 0.911. The Balaban J connectivity index is 1.77. The van der Waals surface area contributed by atoms with Crippen LogP contribution in [0.1, 0.15) is 37.5 Å². The topological polar surface area (TPSA) is 12.0 Å². The van der Waals surface area contributed by atoms with Gasteiger partial charge in [0.15, 0.2) is 0 Å². The molecule has 0 radical (unpaired) electrons. The normalized spacial score (nSPS) is 19.6. The minimum absolute atomic E-state index is 0.674. The van der Waals surface area contributed by atoms with Crippen LogP contribution < -0.4 is 5.32 Å². The monoisotopic (exact) mass is 287 g/mol. The van der Waals surface area contributed by atoms with E-state index in [4.69, 9.17) is 0 Å². The highest BCUT2D eigenvalue weighted by Crippen LogP contribution is 2.28. The molecule has 0 aromatic carbocycles. The molecule has 2 rings (SSSR count). The number of halogens is 1. The minimum Gasteiger partial charge on any atom is -0.309 e. The number of nitrogens with one attached hydrogen (secondary N) is 1. The van der Waals surface area contributed by atoms with Gasteiger partial charge in [0.1, 0.15) is 0 Å². The van der Waals surface area contributed by atoms with Gasteiger partial charge in [-0.25, -0.2) is 0 Å². The van der Waals surface area contributed by atoms with E-state index in [1.807, 2.05) is 11.3 Å². The summed E-state index contributed by atoms with van der Waals surface area (Å²) in [5.41, 5.74) is 0. The van der Waals surface area contributed by atoms with Gasteiger partial charge < -0.3 is 5.32 Å². The molecule has 0 spiro atoms. The third-order valence-electron chi connectivity index (χ3n) is 3.33. The van der Waals surface area contributed by atoms with Crippen LogP contribution in [0.3, 0.4) is 0 Å². The van der Waals surface area contributed by atoms with Gasteiger partial charge in [0.25, 0.3) is 0 Å². The van der Waals surface area contributed by atoms with E-state index in [-0.39, 0.29) is 0 Å². The second-order valence-electron chi connectivity index (χ2n) is 4.42. The van der Waals surface area contributed by atoms with E-state index < -0.39 is 0 Å². The van der Waals surface area contributed by atoms with Gasteiger partial charge in [-0.3, -0.25) is 0 Å². The summed E-state index contributed by atoms with van der Waals surface area (Å²) in [7, 11) is 0. The lowest BCUT2D eigenvalue weighted by atomic mass is 10.00. The van der Waals surface area contributed by atoms with Crippen molar-refractivity contribution >= 4 is 27.3 Å². The number of thiophene rings is 1. The Labute approximate surface area is 104 Å². The lowest BCUT2D eigenvalue weighted by Gasteiger charge is -2.19. The Hall–Kier alpha value is 0.140. The number of hydrogen-bond acceptors (Lipinski definition) is 2. The molecule has 15 heavy (non-hydrogen) atoms. The van der Waals surface area contributed by atoms with Crippen LogP contribution in [-0.2, 0) is 6.54 Å². The van der Waals surface area contributed by atoms with Crippen molar-refractivity contribution in [2.75, 3.05) is 0 Å². The van der Waals surface area contributed by atoms with Crippen molar-refractivity contribution in [3.05, 3.63) is 20.8 Å². The molecule has 84 valence electrons. The fourth-order valence-electron chi connectivity index (χ4n) is 2.33. The highest BCUT2D eigenvalue weighted by Gasteiger charge is 2.20. The van der Waals surface area contributed by atoms with Crippen LogP contribution in [-0.4, -0.2) is 6.04 Å². The molecule has 1 heterocycles. The molecule has 0 saturated heterocycles. The molecule has 3 heteroatoms. The minimum atomic E-state index is 0.674. The predicted octanol–water partition coefficient (Wildman–Crippen LogP) is 4.18. The largest absolute Gasteiger partial charge is 0.309 e. The zero-order chi connectivity index (χ0) is 10.7. The summed E-state index contributed by atoms with van der Waals surface area (Å²) >= 11 is 5.32. The average molecular weight is 288 g/mol. The molecule has 1 N–H and O–H groups in total. The summed E-state index contributed by atoms with van der Waals surface area (Å²) in [4.78, 5) is 1.42. The van der Waals surface area contributed by atoms with Crippen LogP contribution >= 0.6 is 27.3 Å². The standard InChI is InChI=1S/C12H18BrNS/c1-9(10-4-2-3-5-10)14-8-11-6-7-12(13)15-11/h6-7,9-10,14H,2-5,8H2,1H3. The van der Waals surface area contributed by atoms with Gasteiger partial charge in [0.2, 0.25) is 0 Å². The van der Waals surface area contributed by atoms with Crippen LogP contribution in [0.5, 0.6) is 0 Å². The zero-order valence-corrected chi connectivity index (χ0v) is 11.5. The fraction of sp³-hybridized carbons (Fsp3) is 0.667. The third-order valence-corrected chi connectivity index (χ3v) is 4.96. The van der Waals surface area contributed by atoms with Crippen molar-refractivity contribution in [3.8, 4) is 0 Å². The first-order chi connectivity index (χ1) is 7.25. The first kappa shape index (κ1) is 11.6. The van der Waals surface area contributed by atoms with E-state index in [2.05, 4.69) is 40.3 Å². The SMILES string of the molecule is CC(NCc1ccc(Br)s1)C1CCCC1. The Kier molecular flexibility index (Phi) is 4.23. The molecular formula is C12H18BrNS. The molecule has 0 bridgehead atoms. The van der Waals surface area contributed by atoms with Crippen LogP contribution in [0.2, 0.25) is 0 Å². The maximum atomic E-state index is 3.64. The maximum Gasteiger partial charge on any atom is 0.0701 e. The van der Waals surface area contributed by atoms with Gasteiger partial charge in [-0.05, 0) is 53.7 Å². The molecule has 1 unspecified atom stereocenters.